The van der Waals surface area contributed by atoms with Crippen LogP contribution in [0.5, 0.6) is 0 Å². The minimum absolute atomic E-state index is 0.238. The summed E-state index contributed by atoms with van der Waals surface area (Å²) in [5, 5.41) is 14.5. The number of rotatable bonds is 4. The molecule has 0 saturated carbocycles. The normalized spacial score (nSPS) is 9.94. The van der Waals surface area contributed by atoms with Crippen LogP contribution in [-0.2, 0) is 0 Å². The molecule has 0 unspecified atom stereocenters. The van der Waals surface area contributed by atoms with Gasteiger partial charge in [-0.3, -0.25) is 4.79 Å². The topological polar surface area (TPSA) is 66.9 Å². The molecule has 1 amide bonds. The molecule has 2 N–H and O–H groups in total. The summed E-state index contributed by atoms with van der Waals surface area (Å²) in [6.07, 6.45) is 0. The van der Waals surface area contributed by atoms with E-state index in [9.17, 15) is 4.79 Å². The van der Waals surface area contributed by atoms with Gasteiger partial charge >= 0.3 is 0 Å². The van der Waals surface area contributed by atoms with Crippen molar-refractivity contribution < 1.29 is 4.79 Å². The van der Waals surface area contributed by atoms with Crippen molar-refractivity contribution in [1.29, 1.82) is 0 Å². The molecular weight excluding hydrogens is 236 g/mol. The van der Waals surface area contributed by atoms with Crippen LogP contribution in [-0.4, -0.2) is 22.6 Å². The maximum Gasteiger partial charge on any atom is 0.286 e. The summed E-state index contributed by atoms with van der Waals surface area (Å²) in [4.78, 5) is 11.8. The highest BCUT2D eigenvalue weighted by molar-refractivity contribution is 7.17. The summed E-state index contributed by atoms with van der Waals surface area (Å²) in [5.74, 6) is -0.238. The van der Waals surface area contributed by atoms with Gasteiger partial charge in [0.2, 0.25) is 10.1 Å². The molecule has 17 heavy (non-hydrogen) atoms. The maximum absolute atomic E-state index is 11.8. The standard InChI is InChI=1S/C11H12N4OS/c1-2-12-11-15-14-10(17-11)9(16)13-8-6-4-3-5-7-8/h3-7H,2H2,1H3,(H,12,15)(H,13,16). The predicted octanol–water partition coefficient (Wildman–Crippen LogP) is 2.22. The number of carbonyl (C=O) groups is 1. The number of anilines is 2. The molecule has 0 saturated heterocycles. The molecule has 2 aromatic rings. The number of amides is 1. The molecule has 88 valence electrons. The monoisotopic (exact) mass is 248 g/mol. The zero-order valence-electron chi connectivity index (χ0n) is 9.30. The number of para-hydroxylation sites is 1. The fourth-order valence-corrected chi connectivity index (χ4v) is 1.95. The molecule has 0 aliphatic rings. The Morgan fingerprint density at radius 1 is 1.29 bits per heavy atom. The van der Waals surface area contributed by atoms with E-state index in [0.717, 1.165) is 12.2 Å². The van der Waals surface area contributed by atoms with Crippen molar-refractivity contribution in [2.24, 2.45) is 0 Å². The summed E-state index contributed by atoms with van der Waals surface area (Å²) in [6, 6.07) is 9.26. The molecule has 1 aromatic heterocycles. The largest absolute Gasteiger partial charge is 0.360 e. The van der Waals surface area contributed by atoms with Crippen LogP contribution in [0.25, 0.3) is 0 Å². The molecule has 0 atom stereocenters. The summed E-state index contributed by atoms with van der Waals surface area (Å²) in [7, 11) is 0. The van der Waals surface area contributed by atoms with E-state index in [2.05, 4.69) is 20.8 Å². The van der Waals surface area contributed by atoms with Crippen LogP contribution >= 0.6 is 11.3 Å². The van der Waals surface area contributed by atoms with Gasteiger partial charge < -0.3 is 10.6 Å². The number of nitrogens with zero attached hydrogens (tertiary/aromatic N) is 2. The van der Waals surface area contributed by atoms with E-state index in [-0.39, 0.29) is 5.91 Å². The Hall–Kier alpha value is -1.95. The van der Waals surface area contributed by atoms with Gasteiger partial charge in [-0.25, -0.2) is 0 Å². The number of benzene rings is 1. The van der Waals surface area contributed by atoms with Crippen molar-refractivity contribution in [3.63, 3.8) is 0 Å². The Kier molecular flexibility index (Phi) is 3.66. The number of aromatic nitrogens is 2. The van der Waals surface area contributed by atoms with E-state index in [1.54, 1.807) is 0 Å². The van der Waals surface area contributed by atoms with E-state index in [1.807, 2.05) is 37.3 Å². The van der Waals surface area contributed by atoms with Gasteiger partial charge in [-0.15, -0.1) is 10.2 Å². The second kappa shape index (κ2) is 5.40. The number of nitrogens with one attached hydrogen (secondary N) is 2. The van der Waals surface area contributed by atoms with Gasteiger partial charge in [0.1, 0.15) is 0 Å². The second-order valence-corrected chi connectivity index (χ2v) is 4.24. The molecule has 0 aliphatic heterocycles. The fourth-order valence-electron chi connectivity index (χ4n) is 1.24. The van der Waals surface area contributed by atoms with Crippen LogP contribution in [0, 0.1) is 0 Å². The maximum atomic E-state index is 11.8. The summed E-state index contributed by atoms with van der Waals surface area (Å²) < 4.78 is 0. The van der Waals surface area contributed by atoms with Gasteiger partial charge in [0.15, 0.2) is 0 Å². The van der Waals surface area contributed by atoms with Crippen molar-refractivity contribution in [1.82, 2.24) is 10.2 Å². The minimum Gasteiger partial charge on any atom is -0.360 e. The van der Waals surface area contributed by atoms with Gasteiger partial charge in [0.05, 0.1) is 0 Å². The van der Waals surface area contributed by atoms with Crippen LogP contribution in [0.3, 0.4) is 0 Å². The Morgan fingerprint density at radius 2 is 2.06 bits per heavy atom. The molecule has 5 nitrogen and oxygen atoms in total. The molecule has 2 rings (SSSR count). The molecule has 6 heteroatoms. The first-order valence-corrected chi connectivity index (χ1v) is 6.05. The molecule has 1 aromatic carbocycles. The Labute approximate surface area is 103 Å². The van der Waals surface area contributed by atoms with E-state index < -0.39 is 0 Å². The second-order valence-electron chi connectivity index (χ2n) is 3.26. The summed E-state index contributed by atoms with van der Waals surface area (Å²) in [6.45, 7) is 2.72. The fraction of sp³-hybridized carbons (Fsp3) is 0.182. The predicted molar refractivity (Wildman–Crippen MR) is 68.5 cm³/mol. The molecule has 0 aliphatic carbocycles. The van der Waals surface area contributed by atoms with Crippen molar-refractivity contribution >= 4 is 28.1 Å². The van der Waals surface area contributed by atoms with Crippen molar-refractivity contribution in [3.8, 4) is 0 Å². The first kappa shape index (κ1) is 11.5. The lowest BCUT2D eigenvalue weighted by atomic mass is 10.3. The highest BCUT2D eigenvalue weighted by Crippen LogP contribution is 2.16. The van der Waals surface area contributed by atoms with Gasteiger partial charge in [-0.1, -0.05) is 29.5 Å². The molecular formula is C11H12N4OS. The highest BCUT2D eigenvalue weighted by atomic mass is 32.1. The number of hydrogen-bond acceptors (Lipinski definition) is 5. The lowest BCUT2D eigenvalue weighted by molar-refractivity contribution is 0.102. The zero-order chi connectivity index (χ0) is 12.1. The van der Waals surface area contributed by atoms with Crippen LogP contribution < -0.4 is 10.6 Å². The molecule has 0 bridgehead atoms. The van der Waals surface area contributed by atoms with E-state index in [4.69, 9.17) is 0 Å². The van der Waals surface area contributed by atoms with Gasteiger partial charge in [-0.2, -0.15) is 0 Å². The third kappa shape index (κ3) is 3.01. The van der Waals surface area contributed by atoms with Crippen LogP contribution in [0.1, 0.15) is 16.7 Å². The van der Waals surface area contributed by atoms with Crippen LogP contribution in [0.4, 0.5) is 10.8 Å². The Morgan fingerprint density at radius 3 is 2.76 bits per heavy atom. The Bertz CT molecular complexity index is 497. The Balaban J connectivity index is 2.04. The first-order chi connectivity index (χ1) is 8.29. The minimum atomic E-state index is -0.238. The van der Waals surface area contributed by atoms with Crippen LogP contribution in [0.2, 0.25) is 0 Å². The van der Waals surface area contributed by atoms with Crippen LogP contribution in [0.15, 0.2) is 30.3 Å². The van der Waals surface area contributed by atoms with Gasteiger partial charge in [-0.05, 0) is 19.1 Å². The number of carbonyl (C=O) groups excluding carboxylic acids is 1. The lowest BCUT2D eigenvalue weighted by Crippen LogP contribution is -2.11. The lowest BCUT2D eigenvalue weighted by Gasteiger charge is -2.00. The number of hydrogen-bond donors (Lipinski definition) is 2. The summed E-state index contributed by atoms with van der Waals surface area (Å²) in [5.41, 5.74) is 0.748. The molecule has 0 radical (unpaired) electrons. The van der Waals surface area contributed by atoms with E-state index in [0.29, 0.717) is 10.1 Å². The van der Waals surface area contributed by atoms with E-state index >= 15 is 0 Å². The average Bonchev–Trinajstić information content (AvgIpc) is 2.79. The van der Waals surface area contributed by atoms with Gasteiger partial charge in [0, 0.05) is 12.2 Å². The smallest absolute Gasteiger partial charge is 0.286 e. The van der Waals surface area contributed by atoms with Crippen molar-refractivity contribution in [2.45, 2.75) is 6.92 Å². The average molecular weight is 248 g/mol. The first-order valence-electron chi connectivity index (χ1n) is 5.23. The molecule has 0 fully saturated rings. The van der Waals surface area contributed by atoms with E-state index in [1.165, 1.54) is 11.3 Å². The van der Waals surface area contributed by atoms with Crippen molar-refractivity contribution in [2.75, 3.05) is 17.2 Å². The van der Waals surface area contributed by atoms with Gasteiger partial charge in [0.25, 0.3) is 5.91 Å². The quantitative estimate of drug-likeness (QED) is 0.870. The SMILES string of the molecule is CCNc1nnc(C(=O)Nc2ccccc2)s1. The zero-order valence-corrected chi connectivity index (χ0v) is 10.1. The third-order valence-electron chi connectivity index (χ3n) is 1.98. The highest BCUT2D eigenvalue weighted by Gasteiger charge is 2.12. The third-order valence-corrected chi connectivity index (χ3v) is 2.86. The molecule has 1 heterocycles. The van der Waals surface area contributed by atoms with Crippen molar-refractivity contribution in [3.05, 3.63) is 35.3 Å². The molecule has 0 spiro atoms. The summed E-state index contributed by atoms with van der Waals surface area (Å²) >= 11 is 1.24.